The minimum absolute atomic E-state index is 0.712. The third-order valence-electron chi connectivity index (χ3n) is 2.27. The standard InChI is InChI=1S/C13H16NO/c1-2-3-4-5-8-12-9-6-7-10-13(12)14-11-15/h6-10H,2-5H2,1H3. The Morgan fingerprint density at radius 2 is 2.13 bits per heavy atom. The van der Waals surface area contributed by atoms with Gasteiger partial charge in [-0.3, -0.25) is 0 Å². The third-order valence-corrected chi connectivity index (χ3v) is 2.27. The molecule has 0 amide bonds. The molecule has 2 nitrogen and oxygen atoms in total. The van der Waals surface area contributed by atoms with Crippen molar-refractivity contribution >= 4 is 11.8 Å². The molecule has 15 heavy (non-hydrogen) atoms. The van der Waals surface area contributed by atoms with Crippen molar-refractivity contribution in [1.29, 1.82) is 0 Å². The first-order valence-electron chi connectivity index (χ1n) is 5.38. The molecule has 2 heteroatoms. The molecule has 0 unspecified atom stereocenters. The van der Waals surface area contributed by atoms with Crippen molar-refractivity contribution in [3.05, 3.63) is 36.2 Å². The van der Waals surface area contributed by atoms with Crippen molar-refractivity contribution in [1.82, 2.24) is 0 Å². The van der Waals surface area contributed by atoms with Crippen molar-refractivity contribution in [2.24, 2.45) is 4.99 Å². The smallest absolute Gasteiger partial charge is 0.211 e. The zero-order chi connectivity index (χ0) is 10.9. The van der Waals surface area contributed by atoms with Crippen molar-refractivity contribution in [3.63, 3.8) is 0 Å². The van der Waals surface area contributed by atoms with Crippen molar-refractivity contribution < 1.29 is 4.79 Å². The molecule has 0 aromatic heterocycles. The minimum Gasteiger partial charge on any atom is -0.211 e. The van der Waals surface area contributed by atoms with Crippen LogP contribution in [0.2, 0.25) is 0 Å². The van der Waals surface area contributed by atoms with Gasteiger partial charge in [0.1, 0.15) is 0 Å². The van der Waals surface area contributed by atoms with E-state index in [-0.39, 0.29) is 0 Å². The largest absolute Gasteiger partial charge is 0.240 e. The van der Waals surface area contributed by atoms with E-state index in [1.807, 2.05) is 24.3 Å². The molecule has 1 radical (unpaired) electrons. The number of para-hydroxylation sites is 1. The topological polar surface area (TPSA) is 29.4 Å². The van der Waals surface area contributed by atoms with Crippen molar-refractivity contribution in [2.75, 3.05) is 0 Å². The van der Waals surface area contributed by atoms with Gasteiger partial charge >= 0.3 is 0 Å². The molecule has 0 aliphatic heterocycles. The lowest BCUT2D eigenvalue weighted by molar-refractivity contribution is 0.565. The first-order valence-corrected chi connectivity index (χ1v) is 5.38. The summed E-state index contributed by atoms with van der Waals surface area (Å²) in [6.45, 7) is 2.19. The van der Waals surface area contributed by atoms with Gasteiger partial charge < -0.3 is 0 Å². The Bertz CT molecular complexity index is 340. The Labute approximate surface area is 91.0 Å². The van der Waals surface area contributed by atoms with Gasteiger partial charge in [-0.15, -0.1) is 0 Å². The number of unbranched alkanes of at least 4 members (excludes halogenated alkanes) is 3. The van der Waals surface area contributed by atoms with E-state index in [0.29, 0.717) is 5.69 Å². The minimum atomic E-state index is 0.712. The molecule has 0 saturated heterocycles. The number of nitrogens with zero attached hydrogens (tertiary/aromatic N) is 1. The summed E-state index contributed by atoms with van der Waals surface area (Å²) in [7, 11) is 0. The van der Waals surface area contributed by atoms with E-state index < -0.39 is 0 Å². The second-order valence-electron chi connectivity index (χ2n) is 3.46. The maximum Gasteiger partial charge on any atom is 0.240 e. The van der Waals surface area contributed by atoms with E-state index >= 15 is 0 Å². The Kier molecular flexibility index (Phi) is 5.42. The fourth-order valence-electron chi connectivity index (χ4n) is 1.46. The summed E-state index contributed by atoms with van der Waals surface area (Å²) in [6, 6.07) is 7.63. The van der Waals surface area contributed by atoms with Crippen LogP contribution in [0.1, 0.15) is 38.2 Å². The predicted molar refractivity (Wildman–Crippen MR) is 61.8 cm³/mol. The average molecular weight is 202 g/mol. The van der Waals surface area contributed by atoms with E-state index in [4.69, 9.17) is 0 Å². The SMILES string of the molecule is CCCCC[CH]c1ccccc1N=C=O. The van der Waals surface area contributed by atoms with Gasteiger partial charge in [0.25, 0.3) is 0 Å². The molecule has 0 fully saturated rings. The van der Waals surface area contributed by atoms with Gasteiger partial charge in [0, 0.05) is 0 Å². The van der Waals surface area contributed by atoms with Crippen LogP contribution in [0.3, 0.4) is 0 Å². The molecule has 0 atom stereocenters. The number of aliphatic imine (C=N–C) groups is 1. The zero-order valence-electron chi connectivity index (χ0n) is 9.07. The highest BCUT2D eigenvalue weighted by Gasteiger charge is 1.99. The molecule has 0 bridgehead atoms. The van der Waals surface area contributed by atoms with Gasteiger partial charge in [0.05, 0.1) is 5.69 Å². The number of hydrogen-bond donors (Lipinski definition) is 0. The van der Waals surface area contributed by atoms with Gasteiger partial charge in [0.15, 0.2) is 0 Å². The van der Waals surface area contributed by atoms with E-state index in [9.17, 15) is 4.79 Å². The number of isocyanates is 1. The maximum atomic E-state index is 10.2. The highest BCUT2D eigenvalue weighted by Crippen LogP contribution is 2.21. The van der Waals surface area contributed by atoms with Gasteiger partial charge in [-0.1, -0.05) is 44.4 Å². The highest BCUT2D eigenvalue weighted by atomic mass is 16.1. The molecule has 1 aromatic carbocycles. The van der Waals surface area contributed by atoms with Gasteiger partial charge in [0.2, 0.25) is 6.08 Å². The second-order valence-corrected chi connectivity index (χ2v) is 3.46. The molecule has 79 valence electrons. The predicted octanol–water partition coefficient (Wildman–Crippen LogP) is 3.79. The molecule has 0 spiro atoms. The average Bonchev–Trinajstić information content (AvgIpc) is 2.27. The van der Waals surface area contributed by atoms with Crippen LogP contribution in [0.15, 0.2) is 29.3 Å². The molecular formula is C13H16NO. The van der Waals surface area contributed by atoms with Crippen LogP contribution >= 0.6 is 0 Å². The summed E-state index contributed by atoms with van der Waals surface area (Å²) < 4.78 is 0. The molecule has 0 aliphatic carbocycles. The molecule has 1 rings (SSSR count). The van der Waals surface area contributed by atoms with Crippen LogP contribution in [0.25, 0.3) is 0 Å². The van der Waals surface area contributed by atoms with Crippen LogP contribution in [0.4, 0.5) is 5.69 Å². The molecule has 0 saturated carbocycles. The Hall–Kier alpha value is -1.40. The lowest BCUT2D eigenvalue weighted by Crippen LogP contribution is -1.83. The van der Waals surface area contributed by atoms with Crippen LogP contribution in [0, 0.1) is 6.42 Å². The van der Waals surface area contributed by atoms with Crippen molar-refractivity contribution in [2.45, 2.75) is 32.6 Å². The quantitative estimate of drug-likeness (QED) is 0.392. The first-order chi connectivity index (χ1) is 7.38. The van der Waals surface area contributed by atoms with Gasteiger partial charge in [-0.25, -0.2) is 4.79 Å². The number of rotatable bonds is 6. The van der Waals surface area contributed by atoms with Gasteiger partial charge in [-0.2, -0.15) is 4.99 Å². The van der Waals surface area contributed by atoms with E-state index in [1.165, 1.54) is 19.3 Å². The monoisotopic (exact) mass is 202 g/mol. The normalized spacial score (nSPS) is 9.67. The summed E-state index contributed by atoms with van der Waals surface area (Å²) in [4.78, 5) is 13.9. The third kappa shape index (κ3) is 4.09. The fourth-order valence-corrected chi connectivity index (χ4v) is 1.46. The lowest BCUT2D eigenvalue weighted by Gasteiger charge is -2.03. The lowest BCUT2D eigenvalue weighted by atomic mass is 10.0. The first kappa shape index (κ1) is 11.7. The van der Waals surface area contributed by atoms with E-state index in [0.717, 1.165) is 12.0 Å². The van der Waals surface area contributed by atoms with Gasteiger partial charge in [-0.05, 0) is 24.5 Å². The van der Waals surface area contributed by atoms with Crippen LogP contribution in [-0.4, -0.2) is 6.08 Å². The summed E-state index contributed by atoms with van der Waals surface area (Å²) in [6.07, 6.45) is 8.41. The second kappa shape index (κ2) is 6.97. The van der Waals surface area contributed by atoms with Crippen molar-refractivity contribution in [3.8, 4) is 0 Å². The summed E-state index contributed by atoms with van der Waals surface area (Å²) in [5.74, 6) is 0. The van der Waals surface area contributed by atoms with E-state index in [1.54, 1.807) is 6.08 Å². The highest BCUT2D eigenvalue weighted by molar-refractivity contribution is 5.55. The molecule has 1 aromatic rings. The number of carbonyl (C=O) groups excluding carboxylic acids is 1. The number of hydrogen-bond acceptors (Lipinski definition) is 2. The van der Waals surface area contributed by atoms with E-state index in [2.05, 4.69) is 18.3 Å². The molecule has 0 N–H and O–H groups in total. The Balaban J connectivity index is 2.55. The Morgan fingerprint density at radius 1 is 1.33 bits per heavy atom. The van der Waals surface area contributed by atoms with Crippen LogP contribution in [-0.2, 0) is 4.79 Å². The summed E-state index contributed by atoms with van der Waals surface area (Å²) >= 11 is 0. The maximum absolute atomic E-state index is 10.2. The Morgan fingerprint density at radius 3 is 2.87 bits per heavy atom. The molecule has 0 aliphatic rings. The van der Waals surface area contributed by atoms with Crippen LogP contribution < -0.4 is 0 Å². The fraction of sp³-hybridized carbons (Fsp3) is 0.385. The van der Waals surface area contributed by atoms with Crippen LogP contribution in [0.5, 0.6) is 0 Å². The number of benzene rings is 1. The summed E-state index contributed by atoms with van der Waals surface area (Å²) in [5.41, 5.74) is 1.74. The molecule has 0 heterocycles. The summed E-state index contributed by atoms with van der Waals surface area (Å²) in [5, 5.41) is 0. The zero-order valence-corrected chi connectivity index (χ0v) is 9.07. The molecular weight excluding hydrogens is 186 g/mol.